The number of nitrogens with zero attached hydrogens (tertiary/aromatic N) is 3. The fourth-order valence-electron chi connectivity index (χ4n) is 5.50. The summed E-state index contributed by atoms with van der Waals surface area (Å²) in [7, 11) is 0. The minimum atomic E-state index is 0.609. The SMILES string of the molecule is CCCCCCOCc1cc(I)cc(C#Cc2ccc(-c3cccc(-c4ccc(C#Cc5cc(I)cc(COCCCCCC)c5)cn4)n3)nc2)c1. The summed E-state index contributed by atoms with van der Waals surface area (Å²) in [5.41, 5.74) is 9.04. The number of halogens is 2. The average Bonchev–Trinajstić information content (AvgIpc) is 3.16. The quantitative estimate of drug-likeness (QED) is 0.0561. The van der Waals surface area contributed by atoms with Gasteiger partial charge in [-0.2, -0.15) is 0 Å². The highest BCUT2D eigenvalue weighted by Crippen LogP contribution is 2.21. The van der Waals surface area contributed by atoms with Crippen LogP contribution in [0, 0.1) is 30.8 Å². The molecule has 0 aliphatic carbocycles. The third-order valence-corrected chi connectivity index (χ3v) is 9.49. The molecule has 5 aromatic rings. The predicted molar refractivity (Wildman–Crippen MR) is 229 cm³/mol. The van der Waals surface area contributed by atoms with Crippen LogP contribution in [-0.2, 0) is 22.7 Å². The Morgan fingerprint density at radius 3 is 1.38 bits per heavy atom. The van der Waals surface area contributed by atoms with Gasteiger partial charge in [0.05, 0.1) is 36.0 Å². The van der Waals surface area contributed by atoms with E-state index in [1.54, 1.807) is 12.4 Å². The van der Waals surface area contributed by atoms with Crippen LogP contribution in [0.4, 0.5) is 0 Å². The molecule has 0 bridgehead atoms. The van der Waals surface area contributed by atoms with Crippen LogP contribution < -0.4 is 0 Å². The van der Waals surface area contributed by atoms with E-state index in [1.165, 1.54) is 38.5 Å². The van der Waals surface area contributed by atoms with Crippen LogP contribution >= 0.6 is 45.2 Å². The first-order valence-corrected chi connectivity index (χ1v) is 20.3. The second kappa shape index (κ2) is 21.8. The Balaban J connectivity index is 1.18. The summed E-state index contributed by atoms with van der Waals surface area (Å²) in [6.07, 6.45) is 13.3. The average molecular weight is 914 g/mol. The molecule has 0 saturated carbocycles. The van der Waals surface area contributed by atoms with Gasteiger partial charge in [-0.1, -0.05) is 82.1 Å². The van der Waals surface area contributed by atoms with Gasteiger partial charge in [-0.05, 0) is 142 Å². The Morgan fingerprint density at radius 1 is 0.500 bits per heavy atom. The third-order valence-electron chi connectivity index (χ3n) is 8.24. The van der Waals surface area contributed by atoms with Gasteiger partial charge >= 0.3 is 0 Å². The maximum absolute atomic E-state index is 5.91. The molecule has 3 aromatic heterocycles. The van der Waals surface area contributed by atoms with E-state index in [-0.39, 0.29) is 0 Å². The van der Waals surface area contributed by atoms with Crippen molar-refractivity contribution in [2.24, 2.45) is 0 Å². The van der Waals surface area contributed by atoms with Crippen LogP contribution in [0.5, 0.6) is 0 Å². The van der Waals surface area contributed by atoms with E-state index in [0.29, 0.717) is 13.2 Å². The predicted octanol–water partition coefficient (Wildman–Crippen LogP) is 11.4. The molecule has 0 fully saturated rings. The van der Waals surface area contributed by atoms with Gasteiger partial charge in [-0.25, -0.2) is 4.98 Å². The summed E-state index contributed by atoms with van der Waals surface area (Å²) in [4.78, 5) is 14.2. The number of benzene rings is 2. The molecule has 0 saturated heterocycles. The standard InChI is InChI=1S/C45H45I2N3O2/c1-3-5-7-9-22-51-32-38-24-36(26-40(46)28-38)16-14-34-18-20-42(48-30-34)44-12-11-13-45(50-44)43-21-19-35(31-49-43)15-17-37-25-39(29-41(47)27-37)33-52-23-10-8-6-4-2/h11-13,18-21,24-31H,3-10,22-23,32-33H2,1-2H3. The van der Waals surface area contributed by atoms with Crippen molar-refractivity contribution in [2.45, 2.75) is 78.4 Å². The Bertz CT molecular complexity index is 1860. The lowest BCUT2D eigenvalue weighted by Gasteiger charge is -2.06. The largest absolute Gasteiger partial charge is 0.377 e. The number of unbranched alkanes of at least 4 members (excludes halogenated alkanes) is 6. The van der Waals surface area contributed by atoms with E-state index in [9.17, 15) is 0 Å². The highest BCUT2D eigenvalue weighted by atomic mass is 127. The zero-order valence-corrected chi connectivity index (χ0v) is 34.4. The van der Waals surface area contributed by atoms with Gasteiger partial charge in [0, 0.05) is 55.0 Å². The number of pyridine rings is 3. The van der Waals surface area contributed by atoms with Crippen LogP contribution in [-0.4, -0.2) is 28.2 Å². The van der Waals surface area contributed by atoms with Crippen LogP contribution in [0.25, 0.3) is 22.8 Å². The van der Waals surface area contributed by atoms with Crippen molar-refractivity contribution in [3.8, 4) is 46.5 Å². The van der Waals surface area contributed by atoms with Crippen molar-refractivity contribution in [1.29, 1.82) is 0 Å². The first kappa shape index (κ1) is 39.6. The monoisotopic (exact) mass is 913 g/mol. The molecule has 0 amide bonds. The smallest absolute Gasteiger partial charge is 0.0894 e. The van der Waals surface area contributed by atoms with E-state index in [0.717, 1.165) is 89.4 Å². The van der Waals surface area contributed by atoms with Crippen molar-refractivity contribution in [3.05, 3.63) is 132 Å². The van der Waals surface area contributed by atoms with Crippen molar-refractivity contribution >= 4 is 45.2 Å². The zero-order valence-electron chi connectivity index (χ0n) is 30.1. The van der Waals surface area contributed by atoms with Crippen molar-refractivity contribution < 1.29 is 9.47 Å². The second-order valence-electron chi connectivity index (χ2n) is 12.7. The molecule has 0 aliphatic rings. The van der Waals surface area contributed by atoms with Crippen LogP contribution in [0.2, 0.25) is 0 Å². The number of hydrogen-bond acceptors (Lipinski definition) is 5. The Labute approximate surface area is 337 Å². The molecule has 7 heteroatoms. The van der Waals surface area contributed by atoms with Crippen molar-refractivity contribution in [1.82, 2.24) is 15.0 Å². The minimum absolute atomic E-state index is 0.609. The summed E-state index contributed by atoms with van der Waals surface area (Å²) < 4.78 is 14.1. The van der Waals surface area contributed by atoms with E-state index < -0.39 is 0 Å². The van der Waals surface area contributed by atoms with E-state index in [1.807, 2.05) is 42.5 Å². The summed E-state index contributed by atoms with van der Waals surface area (Å²) in [6, 6.07) is 26.5. The first-order valence-electron chi connectivity index (χ1n) is 18.2. The number of rotatable bonds is 16. The molecule has 0 unspecified atom stereocenters. The van der Waals surface area contributed by atoms with Gasteiger partial charge in [0.1, 0.15) is 0 Å². The molecule has 3 heterocycles. The van der Waals surface area contributed by atoms with Crippen molar-refractivity contribution in [3.63, 3.8) is 0 Å². The highest BCUT2D eigenvalue weighted by Gasteiger charge is 2.07. The molecule has 2 aromatic carbocycles. The Morgan fingerprint density at radius 2 is 0.962 bits per heavy atom. The van der Waals surface area contributed by atoms with Gasteiger partial charge in [0.25, 0.3) is 0 Å². The summed E-state index contributed by atoms with van der Waals surface area (Å²) in [5, 5.41) is 0. The van der Waals surface area contributed by atoms with Crippen LogP contribution in [0.1, 0.15) is 98.6 Å². The van der Waals surface area contributed by atoms with Gasteiger partial charge in [0.2, 0.25) is 0 Å². The first-order chi connectivity index (χ1) is 25.5. The van der Waals surface area contributed by atoms with E-state index >= 15 is 0 Å². The van der Waals surface area contributed by atoms with Gasteiger partial charge in [-0.3, -0.25) is 9.97 Å². The molecule has 52 heavy (non-hydrogen) atoms. The number of aromatic nitrogens is 3. The Kier molecular flexibility index (Phi) is 16.6. The minimum Gasteiger partial charge on any atom is -0.377 e. The fraction of sp³-hybridized carbons (Fsp3) is 0.311. The summed E-state index contributed by atoms with van der Waals surface area (Å²) in [6.45, 7) is 7.26. The topological polar surface area (TPSA) is 57.1 Å². The fourth-order valence-corrected chi connectivity index (χ4v) is 6.97. The van der Waals surface area contributed by atoms with Gasteiger partial charge in [-0.15, -0.1) is 0 Å². The van der Waals surface area contributed by atoms with Crippen LogP contribution in [0.3, 0.4) is 0 Å². The molecule has 0 spiro atoms. The molecule has 5 rings (SSSR count). The second-order valence-corrected chi connectivity index (χ2v) is 15.2. The maximum atomic E-state index is 5.91. The lowest BCUT2D eigenvalue weighted by atomic mass is 10.1. The van der Waals surface area contributed by atoms with Gasteiger partial charge in [0.15, 0.2) is 0 Å². The molecule has 0 radical (unpaired) electrons. The molecule has 5 nitrogen and oxygen atoms in total. The molecule has 0 atom stereocenters. The lowest BCUT2D eigenvalue weighted by molar-refractivity contribution is 0.116. The Hall–Kier alpha value is -3.61. The zero-order chi connectivity index (χ0) is 36.4. The maximum Gasteiger partial charge on any atom is 0.0894 e. The molecule has 0 N–H and O–H groups in total. The molecule has 0 aliphatic heterocycles. The molecule has 266 valence electrons. The summed E-state index contributed by atoms with van der Waals surface area (Å²) in [5.74, 6) is 13.1. The number of hydrogen-bond donors (Lipinski definition) is 0. The number of ether oxygens (including phenoxy) is 2. The summed E-state index contributed by atoms with van der Waals surface area (Å²) >= 11 is 4.68. The molecular formula is C45H45I2N3O2. The van der Waals surface area contributed by atoms with E-state index in [4.69, 9.17) is 14.5 Å². The lowest BCUT2D eigenvalue weighted by Crippen LogP contribution is -1.97. The van der Waals surface area contributed by atoms with Gasteiger partial charge < -0.3 is 9.47 Å². The molecular weight excluding hydrogens is 868 g/mol. The highest BCUT2D eigenvalue weighted by molar-refractivity contribution is 14.1. The third kappa shape index (κ3) is 13.4. The van der Waals surface area contributed by atoms with E-state index in [2.05, 4.69) is 129 Å². The normalized spacial score (nSPS) is 10.7. The van der Waals surface area contributed by atoms with Crippen LogP contribution in [0.15, 0.2) is 91.3 Å². The van der Waals surface area contributed by atoms with Crippen molar-refractivity contribution in [2.75, 3.05) is 13.2 Å².